The maximum absolute atomic E-state index is 12.9. The van der Waals surface area contributed by atoms with Crippen molar-refractivity contribution >= 4 is 11.5 Å². The van der Waals surface area contributed by atoms with E-state index in [1.807, 2.05) is 25.1 Å². The third-order valence-electron chi connectivity index (χ3n) is 5.82. The summed E-state index contributed by atoms with van der Waals surface area (Å²) in [6.45, 7) is 2.91. The Morgan fingerprint density at radius 2 is 2.03 bits per heavy atom. The van der Waals surface area contributed by atoms with E-state index in [0.29, 0.717) is 36.5 Å². The zero-order chi connectivity index (χ0) is 24.3. The lowest BCUT2D eigenvalue weighted by molar-refractivity contribution is -0.141. The van der Waals surface area contributed by atoms with Gasteiger partial charge in [0.1, 0.15) is 23.9 Å². The van der Waals surface area contributed by atoms with Crippen molar-refractivity contribution in [2.24, 2.45) is 0 Å². The highest BCUT2D eigenvalue weighted by molar-refractivity contribution is 5.63. The van der Waals surface area contributed by atoms with Gasteiger partial charge in [0.2, 0.25) is 0 Å². The molecule has 3 aromatic rings. The van der Waals surface area contributed by atoms with Crippen LogP contribution in [-0.2, 0) is 19.1 Å². The average Bonchev–Trinajstić information content (AvgIpc) is 2.83. The fourth-order valence-corrected chi connectivity index (χ4v) is 4.08. The van der Waals surface area contributed by atoms with Crippen LogP contribution in [0.4, 0.5) is 24.7 Å². The Kier molecular flexibility index (Phi) is 6.65. The molecule has 0 saturated heterocycles. The maximum Gasteiger partial charge on any atom is 0.433 e. The minimum absolute atomic E-state index is 0.174. The Hall–Kier alpha value is -3.71. The second-order valence-corrected chi connectivity index (χ2v) is 8.14. The summed E-state index contributed by atoms with van der Waals surface area (Å²) in [5, 5.41) is 22.4. The van der Waals surface area contributed by atoms with Crippen LogP contribution in [0.5, 0.6) is 0 Å². The fourth-order valence-electron chi connectivity index (χ4n) is 4.08. The summed E-state index contributed by atoms with van der Waals surface area (Å²) in [5.74, 6) is 0.540. The Morgan fingerprint density at radius 3 is 2.71 bits per heavy atom. The number of aliphatic hydroxyl groups is 1. The van der Waals surface area contributed by atoms with Gasteiger partial charge in [-0.1, -0.05) is 12.1 Å². The maximum atomic E-state index is 12.9. The summed E-state index contributed by atoms with van der Waals surface area (Å²) in [7, 11) is 0. The number of aliphatic hydroxyl groups excluding tert-OH is 1. The molecule has 176 valence electrons. The van der Waals surface area contributed by atoms with Gasteiger partial charge in [0.25, 0.3) is 0 Å². The van der Waals surface area contributed by atoms with Crippen LogP contribution in [0.1, 0.15) is 46.1 Å². The zero-order valence-corrected chi connectivity index (χ0v) is 18.5. The van der Waals surface area contributed by atoms with E-state index < -0.39 is 17.9 Å². The van der Waals surface area contributed by atoms with Gasteiger partial charge in [0, 0.05) is 37.9 Å². The molecule has 1 aliphatic rings. The van der Waals surface area contributed by atoms with Crippen LogP contribution in [0, 0.1) is 18.3 Å². The van der Waals surface area contributed by atoms with E-state index in [-0.39, 0.29) is 13.0 Å². The molecule has 3 heterocycles. The third-order valence-corrected chi connectivity index (χ3v) is 5.82. The number of hydrogen-bond acceptors (Lipinski definition) is 7. The first kappa shape index (κ1) is 23.4. The predicted molar refractivity (Wildman–Crippen MR) is 120 cm³/mol. The molecular weight excluding hydrogens is 445 g/mol. The van der Waals surface area contributed by atoms with E-state index in [1.54, 1.807) is 0 Å². The van der Waals surface area contributed by atoms with Crippen LogP contribution in [0.15, 0.2) is 42.9 Å². The van der Waals surface area contributed by atoms with Crippen LogP contribution < -0.4 is 10.2 Å². The van der Waals surface area contributed by atoms with Crippen molar-refractivity contribution in [3.63, 3.8) is 0 Å². The Morgan fingerprint density at radius 1 is 1.21 bits per heavy atom. The van der Waals surface area contributed by atoms with E-state index in [4.69, 9.17) is 0 Å². The molecule has 0 fully saturated rings. The molecule has 7 nitrogen and oxygen atoms in total. The standard InChI is InChI=1S/C24H23F3N6O/c1-15-2-4-21(17(10-15)11-28)33-8-6-20-18(13-33)23(31-14-30-20)32-19(7-9-34)16-3-5-22(29-12-16)24(25,26)27/h2-5,10,12,14,19,34H,6-9,13H2,1H3,(H,30,31,32)/t19-/m0/s1. The Labute approximate surface area is 194 Å². The minimum Gasteiger partial charge on any atom is -0.396 e. The molecule has 0 spiro atoms. The molecule has 0 aliphatic carbocycles. The fraction of sp³-hybridized carbons (Fsp3) is 0.333. The predicted octanol–water partition coefficient (Wildman–Crippen LogP) is 4.17. The molecule has 0 radical (unpaired) electrons. The Bertz CT molecular complexity index is 1210. The Balaban J connectivity index is 1.62. The van der Waals surface area contributed by atoms with Crippen molar-refractivity contribution in [2.45, 2.75) is 38.5 Å². The second-order valence-electron chi connectivity index (χ2n) is 8.14. The lowest BCUT2D eigenvalue weighted by Crippen LogP contribution is -2.32. The van der Waals surface area contributed by atoms with Crippen molar-refractivity contribution in [2.75, 3.05) is 23.4 Å². The molecule has 2 N–H and O–H groups in total. The molecule has 0 saturated carbocycles. The summed E-state index contributed by atoms with van der Waals surface area (Å²) in [6.07, 6.45) is -0.998. The van der Waals surface area contributed by atoms with Crippen LogP contribution >= 0.6 is 0 Å². The number of pyridine rings is 1. The highest BCUT2D eigenvalue weighted by Crippen LogP contribution is 2.32. The number of fused-ring (bicyclic) bond motifs is 1. The monoisotopic (exact) mass is 468 g/mol. The minimum atomic E-state index is -4.52. The van der Waals surface area contributed by atoms with E-state index in [9.17, 15) is 23.5 Å². The lowest BCUT2D eigenvalue weighted by Gasteiger charge is -2.32. The first-order valence-corrected chi connectivity index (χ1v) is 10.8. The molecular formula is C24H23F3N6O. The molecule has 10 heteroatoms. The number of nitrogens with one attached hydrogen (secondary N) is 1. The number of rotatable bonds is 6. The van der Waals surface area contributed by atoms with Crippen molar-refractivity contribution in [3.8, 4) is 6.07 Å². The molecule has 0 unspecified atom stereocenters. The van der Waals surface area contributed by atoms with Gasteiger partial charge in [-0.3, -0.25) is 4.98 Å². The lowest BCUT2D eigenvalue weighted by atomic mass is 10.0. The van der Waals surface area contributed by atoms with Gasteiger partial charge in [-0.15, -0.1) is 0 Å². The molecule has 4 rings (SSSR count). The summed E-state index contributed by atoms with van der Waals surface area (Å²) in [5.41, 5.74) is 3.66. The number of alkyl halides is 3. The first-order chi connectivity index (χ1) is 16.3. The summed E-state index contributed by atoms with van der Waals surface area (Å²) >= 11 is 0. The molecule has 1 aliphatic heterocycles. The van der Waals surface area contributed by atoms with Gasteiger partial charge in [-0.25, -0.2) is 9.97 Å². The smallest absolute Gasteiger partial charge is 0.396 e. The van der Waals surface area contributed by atoms with Gasteiger partial charge in [0.05, 0.1) is 23.0 Å². The SMILES string of the molecule is Cc1ccc(N2CCc3ncnc(N[C@@H](CCO)c4ccc(C(F)(F)F)nc4)c3C2)c(C#N)c1. The highest BCUT2D eigenvalue weighted by Gasteiger charge is 2.32. The van der Waals surface area contributed by atoms with Crippen molar-refractivity contribution in [1.82, 2.24) is 15.0 Å². The molecule has 2 aromatic heterocycles. The first-order valence-electron chi connectivity index (χ1n) is 10.8. The molecule has 1 aromatic carbocycles. The van der Waals surface area contributed by atoms with E-state index in [0.717, 1.165) is 28.6 Å². The number of aryl methyl sites for hydroxylation is 1. The summed E-state index contributed by atoms with van der Waals surface area (Å²) in [6, 6.07) is 9.78. The molecule has 0 bridgehead atoms. The van der Waals surface area contributed by atoms with E-state index in [2.05, 4.69) is 31.2 Å². The topological polar surface area (TPSA) is 98.0 Å². The van der Waals surface area contributed by atoms with E-state index in [1.165, 1.54) is 18.6 Å². The highest BCUT2D eigenvalue weighted by atomic mass is 19.4. The number of nitrogens with zero attached hydrogens (tertiary/aromatic N) is 5. The van der Waals surface area contributed by atoms with Crippen LogP contribution in [0.25, 0.3) is 0 Å². The van der Waals surface area contributed by atoms with Gasteiger partial charge in [0.15, 0.2) is 0 Å². The van der Waals surface area contributed by atoms with Crippen LogP contribution in [0.2, 0.25) is 0 Å². The largest absolute Gasteiger partial charge is 0.433 e. The van der Waals surface area contributed by atoms with Gasteiger partial charge < -0.3 is 15.3 Å². The van der Waals surface area contributed by atoms with Crippen molar-refractivity contribution in [3.05, 3.63) is 76.5 Å². The number of halogens is 3. The van der Waals surface area contributed by atoms with Gasteiger partial charge >= 0.3 is 6.18 Å². The molecule has 0 amide bonds. The average molecular weight is 468 g/mol. The molecule has 1 atom stereocenters. The van der Waals surface area contributed by atoms with Gasteiger partial charge in [-0.2, -0.15) is 18.4 Å². The normalized spacial score (nSPS) is 14.3. The summed E-state index contributed by atoms with van der Waals surface area (Å²) < 4.78 is 38.7. The van der Waals surface area contributed by atoms with Gasteiger partial charge in [-0.05, 0) is 42.7 Å². The number of benzene rings is 1. The number of anilines is 2. The van der Waals surface area contributed by atoms with Crippen LogP contribution in [0.3, 0.4) is 0 Å². The van der Waals surface area contributed by atoms with E-state index >= 15 is 0 Å². The quantitative estimate of drug-likeness (QED) is 0.560. The molecule has 34 heavy (non-hydrogen) atoms. The van der Waals surface area contributed by atoms with Crippen molar-refractivity contribution < 1.29 is 18.3 Å². The number of aromatic nitrogens is 3. The van der Waals surface area contributed by atoms with Crippen molar-refractivity contribution in [1.29, 1.82) is 5.26 Å². The second kappa shape index (κ2) is 9.65. The summed E-state index contributed by atoms with van der Waals surface area (Å²) in [4.78, 5) is 14.4. The third kappa shape index (κ3) is 4.94. The number of nitriles is 1. The zero-order valence-electron chi connectivity index (χ0n) is 18.5. The number of hydrogen-bond donors (Lipinski definition) is 2. The van der Waals surface area contributed by atoms with Crippen LogP contribution in [-0.4, -0.2) is 33.2 Å².